The molecule has 5 nitrogen and oxygen atoms in total. The number of guanidine groups is 1. The largest absolute Gasteiger partial charge is 0.356 e. The lowest BCUT2D eigenvalue weighted by molar-refractivity contribution is 0.0953. The van der Waals surface area contributed by atoms with Crippen LogP contribution in [0.1, 0.15) is 29.6 Å². The zero-order valence-corrected chi connectivity index (χ0v) is 14.9. The lowest BCUT2D eigenvalue weighted by Gasteiger charge is -2.16. The SMILES string of the molecule is CN=C(NCCCNC(=O)c1cccc(Br)c1)NC1CC=CC1. The van der Waals surface area contributed by atoms with E-state index in [1.54, 1.807) is 13.1 Å². The van der Waals surface area contributed by atoms with Crippen molar-refractivity contribution in [3.63, 3.8) is 0 Å². The maximum Gasteiger partial charge on any atom is 0.251 e. The Balaban J connectivity index is 1.62. The fraction of sp³-hybridized carbons (Fsp3) is 0.412. The van der Waals surface area contributed by atoms with Gasteiger partial charge < -0.3 is 16.0 Å². The number of hydrogen-bond donors (Lipinski definition) is 3. The first-order valence-corrected chi connectivity index (χ1v) is 8.64. The van der Waals surface area contributed by atoms with Gasteiger partial charge in [-0.3, -0.25) is 9.79 Å². The van der Waals surface area contributed by atoms with Crippen LogP contribution < -0.4 is 16.0 Å². The number of carbonyl (C=O) groups excluding carboxylic acids is 1. The minimum absolute atomic E-state index is 0.0502. The predicted molar refractivity (Wildman–Crippen MR) is 97.8 cm³/mol. The van der Waals surface area contributed by atoms with E-state index in [1.807, 2.05) is 18.2 Å². The van der Waals surface area contributed by atoms with Crippen molar-refractivity contribution in [2.75, 3.05) is 20.1 Å². The molecular formula is C17H23BrN4O. The van der Waals surface area contributed by atoms with Gasteiger partial charge in [-0.1, -0.05) is 34.1 Å². The van der Waals surface area contributed by atoms with Crippen molar-refractivity contribution in [3.05, 3.63) is 46.5 Å². The van der Waals surface area contributed by atoms with Gasteiger partial charge in [-0.05, 0) is 37.5 Å². The molecule has 1 amide bonds. The summed E-state index contributed by atoms with van der Waals surface area (Å²) in [4.78, 5) is 16.2. The van der Waals surface area contributed by atoms with Gasteiger partial charge in [0.15, 0.2) is 5.96 Å². The predicted octanol–water partition coefficient (Wildman–Crippen LogP) is 2.45. The first-order valence-electron chi connectivity index (χ1n) is 7.85. The molecule has 1 aromatic rings. The lowest BCUT2D eigenvalue weighted by atomic mass is 10.2. The van der Waals surface area contributed by atoms with Crippen LogP contribution in [0.15, 0.2) is 45.9 Å². The number of aliphatic imine (C=N–C) groups is 1. The van der Waals surface area contributed by atoms with E-state index in [0.717, 1.165) is 36.2 Å². The third kappa shape index (κ3) is 6.06. The van der Waals surface area contributed by atoms with Crippen LogP contribution in [-0.4, -0.2) is 38.0 Å². The number of rotatable bonds is 6. The highest BCUT2D eigenvalue weighted by Gasteiger charge is 2.11. The molecule has 0 aromatic heterocycles. The molecule has 0 saturated heterocycles. The van der Waals surface area contributed by atoms with Gasteiger partial charge in [0.25, 0.3) is 5.91 Å². The Kier molecular flexibility index (Phi) is 7.13. The van der Waals surface area contributed by atoms with Gasteiger partial charge in [0, 0.05) is 36.2 Å². The van der Waals surface area contributed by atoms with E-state index in [1.165, 1.54) is 0 Å². The van der Waals surface area contributed by atoms with Crippen LogP contribution in [0.4, 0.5) is 0 Å². The molecular weight excluding hydrogens is 356 g/mol. The average molecular weight is 379 g/mol. The van der Waals surface area contributed by atoms with Gasteiger partial charge >= 0.3 is 0 Å². The Morgan fingerprint density at radius 2 is 2.00 bits per heavy atom. The van der Waals surface area contributed by atoms with Crippen molar-refractivity contribution >= 4 is 27.8 Å². The molecule has 0 aliphatic heterocycles. The number of halogens is 1. The topological polar surface area (TPSA) is 65.5 Å². The Morgan fingerprint density at radius 3 is 2.70 bits per heavy atom. The minimum atomic E-state index is -0.0502. The number of benzene rings is 1. The van der Waals surface area contributed by atoms with E-state index in [9.17, 15) is 4.79 Å². The van der Waals surface area contributed by atoms with Crippen LogP contribution in [0.25, 0.3) is 0 Å². The van der Waals surface area contributed by atoms with Crippen molar-refractivity contribution < 1.29 is 4.79 Å². The molecule has 1 aliphatic carbocycles. The number of hydrogen-bond acceptors (Lipinski definition) is 2. The number of nitrogens with one attached hydrogen (secondary N) is 3. The van der Waals surface area contributed by atoms with E-state index in [4.69, 9.17) is 0 Å². The molecule has 0 saturated carbocycles. The Bertz CT molecular complexity index is 578. The molecule has 1 aromatic carbocycles. The molecule has 1 aliphatic rings. The van der Waals surface area contributed by atoms with Gasteiger partial charge in [0.2, 0.25) is 0 Å². The summed E-state index contributed by atoms with van der Waals surface area (Å²) in [6, 6.07) is 7.82. The molecule has 0 heterocycles. The molecule has 0 atom stereocenters. The van der Waals surface area contributed by atoms with Crippen molar-refractivity contribution in [1.82, 2.24) is 16.0 Å². The highest BCUT2D eigenvalue weighted by molar-refractivity contribution is 9.10. The summed E-state index contributed by atoms with van der Waals surface area (Å²) >= 11 is 3.37. The van der Waals surface area contributed by atoms with E-state index in [2.05, 4.69) is 49.0 Å². The smallest absolute Gasteiger partial charge is 0.251 e. The van der Waals surface area contributed by atoms with E-state index < -0.39 is 0 Å². The van der Waals surface area contributed by atoms with Crippen LogP contribution in [0, 0.1) is 0 Å². The zero-order chi connectivity index (χ0) is 16.5. The van der Waals surface area contributed by atoms with E-state index in [0.29, 0.717) is 18.2 Å². The van der Waals surface area contributed by atoms with Crippen LogP contribution in [0.5, 0.6) is 0 Å². The maximum absolute atomic E-state index is 12.0. The minimum Gasteiger partial charge on any atom is -0.356 e. The third-order valence-corrected chi connectivity index (χ3v) is 4.08. The lowest BCUT2D eigenvalue weighted by Crippen LogP contribution is -2.43. The molecule has 23 heavy (non-hydrogen) atoms. The van der Waals surface area contributed by atoms with Crippen LogP contribution in [0.3, 0.4) is 0 Å². The van der Waals surface area contributed by atoms with E-state index >= 15 is 0 Å². The van der Waals surface area contributed by atoms with E-state index in [-0.39, 0.29) is 5.91 Å². The van der Waals surface area contributed by atoms with Gasteiger partial charge in [0.05, 0.1) is 0 Å². The highest BCUT2D eigenvalue weighted by atomic mass is 79.9. The van der Waals surface area contributed by atoms with Crippen molar-refractivity contribution in [1.29, 1.82) is 0 Å². The standard InChI is InChI=1S/C17H23BrN4O/c1-19-17(22-15-8-2-3-9-15)21-11-5-10-20-16(23)13-6-4-7-14(18)12-13/h2-4,6-7,12,15H,5,8-11H2,1H3,(H,20,23)(H2,19,21,22). The van der Waals surface area contributed by atoms with Gasteiger partial charge in [-0.25, -0.2) is 0 Å². The summed E-state index contributed by atoms with van der Waals surface area (Å²) in [6.45, 7) is 1.39. The summed E-state index contributed by atoms with van der Waals surface area (Å²) in [5, 5.41) is 9.57. The Hall–Kier alpha value is -1.82. The van der Waals surface area contributed by atoms with Gasteiger partial charge in [0.1, 0.15) is 0 Å². The second-order valence-corrected chi connectivity index (χ2v) is 6.32. The Morgan fingerprint density at radius 1 is 1.26 bits per heavy atom. The summed E-state index contributed by atoms with van der Waals surface area (Å²) in [5.74, 6) is 0.767. The fourth-order valence-electron chi connectivity index (χ4n) is 2.35. The van der Waals surface area contributed by atoms with Crippen molar-refractivity contribution in [2.24, 2.45) is 4.99 Å². The fourth-order valence-corrected chi connectivity index (χ4v) is 2.75. The maximum atomic E-state index is 12.0. The Labute approximate surface area is 145 Å². The summed E-state index contributed by atoms with van der Waals surface area (Å²) in [7, 11) is 1.77. The van der Waals surface area contributed by atoms with Crippen molar-refractivity contribution in [3.8, 4) is 0 Å². The second-order valence-electron chi connectivity index (χ2n) is 5.40. The molecule has 0 spiro atoms. The van der Waals surface area contributed by atoms with Crippen LogP contribution in [0.2, 0.25) is 0 Å². The average Bonchev–Trinajstić information content (AvgIpc) is 3.06. The first-order chi connectivity index (χ1) is 11.2. The normalized spacial score (nSPS) is 14.8. The second kappa shape index (κ2) is 9.35. The zero-order valence-electron chi connectivity index (χ0n) is 13.3. The van der Waals surface area contributed by atoms with Crippen molar-refractivity contribution in [2.45, 2.75) is 25.3 Å². The number of amides is 1. The molecule has 3 N–H and O–H groups in total. The molecule has 0 radical (unpaired) electrons. The van der Waals surface area contributed by atoms with Crippen LogP contribution in [-0.2, 0) is 0 Å². The summed E-state index contributed by atoms with van der Waals surface area (Å²) in [5.41, 5.74) is 0.665. The molecule has 6 heteroatoms. The third-order valence-electron chi connectivity index (χ3n) is 3.59. The first kappa shape index (κ1) is 17.5. The molecule has 124 valence electrons. The highest BCUT2D eigenvalue weighted by Crippen LogP contribution is 2.11. The quantitative estimate of drug-likeness (QED) is 0.308. The van der Waals surface area contributed by atoms with Gasteiger partial charge in [-0.15, -0.1) is 0 Å². The monoisotopic (exact) mass is 378 g/mol. The summed E-state index contributed by atoms with van der Waals surface area (Å²) < 4.78 is 0.906. The molecule has 2 rings (SSSR count). The number of nitrogens with zero attached hydrogens (tertiary/aromatic N) is 1. The van der Waals surface area contributed by atoms with Gasteiger partial charge in [-0.2, -0.15) is 0 Å². The number of carbonyl (C=O) groups is 1. The van der Waals surface area contributed by atoms with Crippen LogP contribution >= 0.6 is 15.9 Å². The molecule has 0 unspecified atom stereocenters. The summed E-state index contributed by atoms with van der Waals surface area (Å²) in [6.07, 6.45) is 7.29. The molecule has 0 bridgehead atoms. The molecule has 0 fully saturated rings.